The summed E-state index contributed by atoms with van der Waals surface area (Å²) in [6, 6.07) is 19.9. The summed E-state index contributed by atoms with van der Waals surface area (Å²) in [5, 5.41) is 10.6. The summed E-state index contributed by atoms with van der Waals surface area (Å²) in [5.41, 5.74) is 1.97. The summed E-state index contributed by atoms with van der Waals surface area (Å²) in [7, 11) is 1.65. The van der Waals surface area contributed by atoms with Crippen molar-refractivity contribution in [3.8, 4) is 11.5 Å². The number of benzene rings is 2. The molecule has 0 aliphatic rings. The van der Waals surface area contributed by atoms with Gasteiger partial charge in [0.05, 0.1) is 19.2 Å². The van der Waals surface area contributed by atoms with Crippen LogP contribution in [0.15, 0.2) is 65.8 Å². The summed E-state index contributed by atoms with van der Waals surface area (Å²) in [4.78, 5) is 0. The molecule has 0 N–H and O–H groups in total. The summed E-state index contributed by atoms with van der Waals surface area (Å²) in [5.74, 6) is 2.44. The molecule has 0 aliphatic carbocycles. The van der Waals surface area contributed by atoms with E-state index in [1.165, 1.54) is 5.39 Å². The van der Waals surface area contributed by atoms with E-state index < -0.39 is 0 Å². The first-order valence-electron chi connectivity index (χ1n) is 7.98. The van der Waals surface area contributed by atoms with Crippen molar-refractivity contribution in [3.05, 3.63) is 60.7 Å². The number of hydrogen-bond acceptors (Lipinski definition) is 5. The maximum Gasteiger partial charge on any atom is 0.196 e. The van der Waals surface area contributed by atoms with Crippen LogP contribution in [0, 0.1) is 0 Å². The van der Waals surface area contributed by atoms with Gasteiger partial charge in [0.25, 0.3) is 0 Å². The highest BCUT2D eigenvalue weighted by Gasteiger charge is 2.09. The van der Waals surface area contributed by atoms with Gasteiger partial charge < -0.3 is 9.47 Å². The van der Waals surface area contributed by atoms with Gasteiger partial charge in [-0.25, -0.2) is 0 Å². The zero-order valence-electron chi connectivity index (χ0n) is 13.8. The van der Waals surface area contributed by atoms with Gasteiger partial charge >= 0.3 is 0 Å². The van der Waals surface area contributed by atoms with E-state index in [0.717, 1.165) is 33.6 Å². The number of nitrogens with zero attached hydrogens (tertiary/aromatic N) is 3. The molecule has 4 rings (SSSR count). The Morgan fingerprint density at radius 2 is 1.72 bits per heavy atom. The molecule has 0 saturated carbocycles. The first kappa shape index (κ1) is 15.8. The molecule has 2 heterocycles. The van der Waals surface area contributed by atoms with E-state index in [2.05, 4.69) is 32.8 Å². The highest BCUT2D eigenvalue weighted by Crippen LogP contribution is 2.23. The van der Waals surface area contributed by atoms with Crippen molar-refractivity contribution in [2.75, 3.05) is 19.5 Å². The summed E-state index contributed by atoms with van der Waals surface area (Å²) in [6.07, 6.45) is 0. The molecular formula is C19H17N3O2S. The van der Waals surface area contributed by atoms with Crippen molar-refractivity contribution in [2.24, 2.45) is 0 Å². The molecule has 0 radical (unpaired) electrons. The lowest BCUT2D eigenvalue weighted by Gasteiger charge is -2.07. The van der Waals surface area contributed by atoms with E-state index in [9.17, 15) is 0 Å². The molecular weight excluding hydrogens is 334 g/mol. The highest BCUT2D eigenvalue weighted by molar-refractivity contribution is 7.99. The number of hydrogen-bond donors (Lipinski definition) is 0. The van der Waals surface area contributed by atoms with Crippen molar-refractivity contribution in [3.63, 3.8) is 0 Å². The average Bonchev–Trinajstić information content (AvgIpc) is 3.09. The molecule has 0 aliphatic heterocycles. The van der Waals surface area contributed by atoms with E-state index >= 15 is 0 Å². The Kier molecular flexibility index (Phi) is 4.43. The molecule has 4 aromatic rings. The smallest absolute Gasteiger partial charge is 0.196 e. The van der Waals surface area contributed by atoms with Gasteiger partial charge in [-0.15, -0.1) is 10.2 Å². The topological polar surface area (TPSA) is 48.7 Å². The zero-order valence-corrected chi connectivity index (χ0v) is 14.6. The molecule has 0 fully saturated rings. The molecule has 0 saturated heterocycles. The van der Waals surface area contributed by atoms with Crippen LogP contribution in [-0.2, 0) is 0 Å². The van der Waals surface area contributed by atoms with Crippen molar-refractivity contribution in [1.29, 1.82) is 0 Å². The number of thioether (sulfide) groups is 1. The maximum atomic E-state index is 5.77. The number of methoxy groups -OCH3 is 1. The highest BCUT2D eigenvalue weighted by atomic mass is 32.2. The summed E-state index contributed by atoms with van der Waals surface area (Å²) in [6.45, 7) is 0.594. The third-order valence-corrected chi connectivity index (χ3v) is 4.78. The van der Waals surface area contributed by atoms with Crippen LogP contribution in [0.3, 0.4) is 0 Å². The van der Waals surface area contributed by atoms with Gasteiger partial charge in [0.2, 0.25) is 0 Å². The van der Waals surface area contributed by atoms with Crippen LogP contribution in [0.25, 0.3) is 16.6 Å². The molecule has 2 aromatic carbocycles. The van der Waals surface area contributed by atoms with E-state index in [4.69, 9.17) is 9.47 Å². The Labute approximate surface area is 149 Å². The molecule has 25 heavy (non-hydrogen) atoms. The molecule has 126 valence electrons. The second-order valence-corrected chi connectivity index (χ2v) is 6.50. The third-order valence-electron chi connectivity index (χ3n) is 3.89. The lowest BCUT2D eigenvalue weighted by atomic mass is 10.2. The normalized spacial score (nSPS) is 11.1. The van der Waals surface area contributed by atoms with Gasteiger partial charge in [-0.2, -0.15) is 0 Å². The second kappa shape index (κ2) is 7.03. The largest absolute Gasteiger partial charge is 0.497 e. The SMILES string of the molecule is COc1ccc(OCCSc2nnc3ccc4ccccc4n23)cc1. The quantitative estimate of drug-likeness (QED) is 0.387. The second-order valence-electron chi connectivity index (χ2n) is 5.44. The maximum absolute atomic E-state index is 5.77. The predicted octanol–water partition coefficient (Wildman–Crippen LogP) is 4.06. The molecule has 2 aromatic heterocycles. The number of fused-ring (bicyclic) bond motifs is 3. The first-order valence-corrected chi connectivity index (χ1v) is 8.96. The number of aromatic nitrogens is 3. The van der Waals surface area contributed by atoms with Crippen LogP contribution >= 0.6 is 11.8 Å². The molecule has 0 atom stereocenters. The van der Waals surface area contributed by atoms with Crippen molar-refractivity contribution < 1.29 is 9.47 Å². The lowest BCUT2D eigenvalue weighted by molar-refractivity contribution is 0.342. The summed E-state index contributed by atoms with van der Waals surface area (Å²) < 4.78 is 13.0. The van der Waals surface area contributed by atoms with E-state index in [0.29, 0.717) is 6.61 Å². The number of para-hydroxylation sites is 1. The summed E-state index contributed by atoms with van der Waals surface area (Å²) >= 11 is 1.64. The van der Waals surface area contributed by atoms with Crippen LogP contribution in [0.4, 0.5) is 0 Å². The van der Waals surface area contributed by atoms with E-state index in [-0.39, 0.29) is 0 Å². The Hall–Kier alpha value is -2.73. The van der Waals surface area contributed by atoms with Crippen LogP contribution in [-0.4, -0.2) is 34.1 Å². The Morgan fingerprint density at radius 3 is 2.56 bits per heavy atom. The fourth-order valence-electron chi connectivity index (χ4n) is 2.67. The van der Waals surface area contributed by atoms with Crippen molar-refractivity contribution >= 4 is 28.3 Å². The Balaban J connectivity index is 1.45. The fourth-order valence-corrected chi connectivity index (χ4v) is 3.44. The van der Waals surface area contributed by atoms with Crippen LogP contribution in [0.1, 0.15) is 0 Å². The van der Waals surface area contributed by atoms with E-state index in [1.54, 1.807) is 18.9 Å². The fraction of sp³-hybridized carbons (Fsp3) is 0.158. The minimum absolute atomic E-state index is 0.594. The average molecular weight is 351 g/mol. The lowest BCUT2D eigenvalue weighted by Crippen LogP contribution is -2.01. The van der Waals surface area contributed by atoms with E-state index in [1.807, 2.05) is 42.5 Å². The number of ether oxygens (including phenoxy) is 2. The Morgan fingerprint density at radius 1 is 0.920 bits per heavy atom. The van der Waals surface area contributed by atoms with Gasteiger partial charge in [0.1, 0.15) is 11.5 Å². The van der Waals surface area contributed by atoms with Crippen molar-refractivity contribution in [1.82, 2.24) is 14.6 Å². The van der Waals surface area contributed by atoms with Crippen LogP contribution in [0.5, 0.6) is 11.5 Å². The predicted molar refractivity (Wildman–Crippen MR) is 99.7 cm³/mol. The zero-order chi connectivity index (χ0) is 17.1. The molecule has 5 nitrogen and oxygen atoms in total. The van der Waals surface area contributed by atoms with Crippen molar-refractivity contribution in [2.45, 2.75) is 5.16 Å². The van der Waals surface area contributed by atoms with Gasteiger partial charge in [-0.05, 0) is 47.9 Å². The molecule has 6 heteroatoms. The third kappa shape index (κ3) is 3.25. The molecule has 0 amide bonds. The van der Waals surface area contributed by atoms with Gasteiger partial charge in [0, 0.05) is 5.75 Å². The van der Waals surface area contributed by atoms with Gasteiger partial charge in [-0.1, -0.05) is 30.0 Å². The minimum atomic E-state index is 0.594. The molecule has 0 bridgehead atoms. The number of rotatable bonds is 6. The number of pyridine rings is 1. The van der Waals surface area contributed by atoms with Crippen LogP contribution in [0.2, 0.25) is 0 Å². The first-order chi connectivity index (χ1) is 12.3. The van der Waals surface area contributed by atoms with Crippen LogP contribution < -0.4 is 9.47 Å². The Bertz CT molecular complexity index is 999. The minimum Gasteiger partial charge on any atom is -0.497 e. The van der Waals surface area contributed by atoms with Gasteiger partial charge in [0.15, 0.2) is 10.8 Å². The molecule has 0 unspecified atom stereocenters. The standard InChI is InChI=1S/C19H17N3O2S/c1-23-15-7-9-16(10-8-15)24-12-13-25-19-21-20-18-11-6-14-4-2-3-5-17(14)22(18)19/h2-11H,12-13H2,1H3. The monoisotopic (exact) mass is 351 g/mol. The van der Waals surface area contributed by atoms with Gasteiger partial charge in [-0.3, -0.25) is 4.40 Å². The molecule has 0 spiro atoms.